The summed E-state index contributed by atoms with van der Waals surface area (Å²) in [6.45, 7) is 5.95. The number of ether oxygens (including phenoxy) is 1. The number of hydrogen-bond donors (Lipinski definition) is 6. The molecule has 0 bridgehead atoms. The predicted molar refractivity (Wildman–Crippen MR) is 177 cm³/mol. The molecule has 2 fully saturated rings. The standard InChI is InChI=1S/C26H30N10O13S2.K.H/c1-25(2,3)48-21(43)26(4,5)49-32-17(13-10-50-22(27)30-13)19(41)29-12-8-34(20(12)42)23(44)33-51(46,47)36-16(39)9-35(24(36)45)31-18(40)11-6-14(37)15(38)7-28-11;;/h6-7,10,12,38H,8-9H2,1-5H3,(H2,27,30)(H,28,37)(H,29,41)(H,31,40)(H,33,44);;. The molecule has 2 saturated heterocycles. The van der Waals surface area contributed by atoms with Gasteiger partial charge < -0.3 is 30.7 Å². The van der Waals surface area contributed by atoms with Gasteiger partial charge in [0.05, 0.1) is 6.54 Å². The number of β-lactam (4-membered cyclic amide) rings is 1. The minimum atomic E-state index is -5.30. The monoisotopic (exact) mass is 794 g/mol. The van der Waals surface area contributed by atoms with Gasteiger partial charge in [-0.05, 0) is 34.6 Å². The number of nitrogens with one attached hydrogen (secondary N) is 4. The van der Waals surface area contributed by atoms with Crippen LogP contribution < -0.4 is 26.6 Å². The number of hydrazine groups is 1. The zero-order chi connectivity index (χ0) is 38.2. The second-order valence-electron chi connectivity index (χ2n) is 12.1. The van der Waals surface area contributed by atoms with Gasteiger partial charge in [0.2, 0.25) is 11.0 Å². The molecule has 2 aliphatic rings. The van der Waals surface area contributed by atoms with Crippen LogP contribution in [-0.2, 0) is 39.0 Å². The second kappa shape index (κ2) is 15.6. The summed E-state index contributed by atoms with van der Waals surface area (Å²) in [5, 5.41) is 17.0. The molecule has 2 aromatic heterocycles. The Kier molecular flexibility index (Phi) is 12.6. The molecular weight excluding hydrogens is 764 g/mol. The van der Waals surface area contributed by atoms with E-state index in [1.807, 2.05) is 5.43 Å². The number of thiazole rings is 1. The zero-order valence-electron chi connectivity index (χ0n) is 27.2. The van der Waals surface area contributed by atoms with Gasteiger partial charge in [0.15, 0.2) is 16.6 Å². The van der Waals surface area contributed by atoms with Gasteiger partial charge in [-0.2, -0.15) is 8.42 Å². The van der Waals surface area contributed by atoms with E-state index in [0.29, 0.717) is 11.0 Å². The van der Waals surface area contributed by atoms with Crippen LogP contribution in [0, 0.1) is 0 Å². The quantitative estimate of drug-likeness (QED) is 0.0353. The number of carbonyl (C=O) groups excluding carboxylic acids is 7. The first-order valence-corrected chi connectivity index (χ1v) is 16.6. The number of nitrogens with two attached hydrogens (primary N) is 1. The van der Waals surface area contributed by atoms with E-state index < -0.39 is 105 Å². The van der Waals surface area contributed by atoms with Gasteiger partial charge >= 0.3 is 79.6 Å². The summed E-state index contributed by atoms with van der Waals surface area (Å²) < 4.78 is 32.0. The van der Waals surface area contributed by atoms with Gasteiger partial charge in [0.25, 0.3) is 23.6 Å². The summed E-state index contributed by atoms with van der Waals surface area (Å²) in [5.41, 5.74) is 2.98. The number of rotatable bonds is 10. The van der Waals surface area contributed by atoms with Crippen LogP contribution in [0.3, 0.4) is 0 Å². The Morgan fingerprint density at radius 1 is 1.13 bits per heavy atom. The summed E-state index contributed by atoms with van der Waals surface area (Å²) in [6.07, 6.45) is 0.779. The van der Waals surface area contributed by atoms with Gasteiger partial charge in [-0.15, -0.1) is 15.6 Å². The van der Waals surface area contributed by atoms with E-state index >= 15 is 0 Å². The van der Waals surface area contributed by atoms with Crippen molar-refractivity contribution in [3.63, 3.8) is 0 Å². The van der Waals surface area contributed by atoms with Crippen molar-refractivity contribution in [2.24, 2.45) is 5.16 Å². The van der Waals surface area contributed by atoms with Gasteiger partial charge in [0, 0.05) is 17.6 Å². The number of likely N-dealkylation sites (tertiary alicyclic amines) is 1. The predicted octanol–water partition coefficient (Wildman–Crippen LogP) is -2.80. The summed E-state index contributed by atoms with van der Waals surface area (Å²) in [5.74, 6) is -6.28. The Labute approximate surface area is 339 Å². The number of hydrogen-bond acceptors (Lipinski definition) is 17. The van der Waals surface area contributed by atoms with Crippen molar-refractivity contribution in [3.8, 4) is 5.75 Å². The third-order valence-corrected chi connectivity index (χ3v) is 8.42. The van der Waals surface area contributed by atoms with E-state index in [4.69, 9.17) is 15.3 Å². The molecule has 0 spiro atoms. The molecule has 23 nitrogen and oxygen atoms in total. The molecule has 1 atom stereocenters. The Hall–Kier alpha value is -4.47. The molecule has 52 heavy (non-hydrogen) atoms. The molecule has 0 aliphatic carbocycles. The molecule has 0 saturated carbocycles. The minimum absolute atomic E-state index is 0. The van der Waals surface area contributed by atoms with Gasteiger partial charge in [0.1, 0.15) is 29.6 Å². The molecule has 4 heterocycles. The fourth-order valence-electron chi connectivity index (χ4n) is 3.94. The molecule has 1 unspecified atom stereocenters. The maximum atomic E-state index is 13.2. The van der Waals surface area contributed by atoms with Crippen LogP contribution in [0.25, 0.3) is 0 Å². The molecule has 26 heteroatoms. The molecule has 4 rings (SSSR count). The fraction of sp³-hybridized carbons (Fsp3) is 0.385. The number of H-pyrrole nitrogens is 1. The molecule has 7 N–H and O–H groups in total. The van der Waals surface area contributed by atoms with Crippen LogP contribution in [0.2, 0.25) is 0 Å². The average Bonchev–Trinajstić information content (AvgIpc) is 3.56. The van der Waals surface area contributed by atoms with Crippen molar-refractivity contribution < 1.29 is 56.7 Å². The Morgan fingerprint density at radius 2 is 1.79 bits per heavy atom. The van der Waals surface area contributed by atoms with E-state index in [-0.39, 0.29) is 71.5 Å². The van der Waals surface area contributed by atoms with Crippen LogP contribution in [-0.4, -0.2) is 167 Å². The van der Waals surface area contributed by atoms with Crippen LogP contribution in [0.5, 0.6) is 5.75 Å². The van der Waals surface area contributed by atoms with Gasteiger partial charge in [-0.25, -0.2) is 29.1 Å². The first-order valence-electron chi connectivity index (χ1n) is 14.3. The third-order valence-electron chi connectivity index (χ3n) is 6.47. The van der Waals surface area contributed by atoms with Gasteiger partial charge in [-0.3, -0.25) is 34.3 Å². The number of esters is 1. The number of nitrogens with zero attached hydrogens (tertiary/aromatic N) is 5. The molecule has 0 radical (unpaired) electrons. The molecule has 8 amide bonds. The number of aromatic amines is 1. The van der Waals surface area contributed by atoms with Crippen LogP contribution in [0.1, 0.15) is 50.8 Å². The van der Waals surface area contributed by atoms with Crippen LogP contribution in [0.15, 0.2) is 27.6 Å². The van der Waals surface area contributed by atoms with Crippen molar-refractivity contribution >= 4 is 125 Å². The number of oxime groups is 1. The van der Waals surface area contributed by atoms with E-state index in [0.717, 1.165) is 17.5 Å². The van der Waals surface area contributed by atoms with E-state index in [9.17, 15) is 51.9 Å². The number of urea groups is 2. The molecule has 0 aromatic carbocycles. The first kappa shape index (κ1) is 41.9. The molecule has 276 valence electrons. The van der Waals surface area contributed by atoms with Crippen LogP contribution in [0.4, 0.5) is 14.7 Å². The summed E-state index contributed by atoms with van der Waals surface area (Å²) in [7, 11) is -5.30. The Balaban J connectivity index is 0.00000729. The summed E-state index contributed by atoms with van der Waals surface area (Å²) >= 11 is 0.937. The Morgan fingerprint density at radius 3 is 2.35 bits per heavy atom. The number of nitrogen functional groups attached to an aromatic ring is 1. The molecule has 2 aromatic rings. The van der Waals surface area contributed by atoms with Crippen LogP contribution >= 0.6 is 11.3 Å². The topological polar surface area (TPSA) is 322 Å². The number of aromatic nitrogens is 2. The van der Waals surface area contributed by atoms with E-state index in [2.05, 4.69) is 20.4 Å². The second-order valence-corrected chi connectivity index (χ2v) is 14.5. The van der Waals surface area contributed by atoms with Crippen molar-refractivity contribution in [1.82, 2.24) is 39.6 Å². The van der Waals surface area contributed by atoms with E-state index in [1.54, 1.807) is 20.8 Å². The number of pyridine rings is 1. The average molecular weight is 795 g/mol. The molecule has 2 aliphatic heterocycles. The number of amides is 8. The maximum absolute atomic E-state index is 13.2. The zero-order valence-corrected chi connectivity index (χ0v) is 28.8. The SMILES string of the molecule is CC(C)(C)OC(=O)C(C)(C)ON=C(C(=O)NC1CN(C(=O)NS(=O)(=O)N2C(=O)CN(NC(=O)c3cc(=O)c(O)c[nH]3)C2=O)C1=O)c1csc(N)n1.[KH]. The van der Waals surface area contributed by atoms with Gasteiger partial charge in [-0.1, -0.05) is 5.16 Å². The van der Waals surface area contributed by atoms with Crippen molar-refractivity contribution in [1.29, 1.82) is 0 Å². The van der Waals surface area contributed by atoms with Crippen molar-refractivity contribution in [2.75, 3.05) is 18.8 Å². The number of aromatic hydroxyl groups is 1. The fourth-order valence-corrected chi connectivity index (χ4v) is 5.54. The summed E-state index contributed by atoms with van der Waals surface area (Å²) in [4.78, 5) is 112. The number of anilines is 1. The number of imide groups is 2. The summed E-state index contributed by atoms with van der Waals surface area (Å²) in [6, 6.07) is -3.95. The molecular formula is C26H31KN10O13S2. The first-order chi connectivity index (χ1) is 23.5. The van der Waals surface area contributed by atoms with Crippen molar-refractivity contribution in [2.45, 2.75) is 51.9 Å². The Bertz CT molecular complexity index is 2040. The van der Waals surface area contributed by atoms with E-state index in [1.165, 1.54) is 23.9 Å². The third kappa shape index (κ3) is 9.49. The number of carbonyl (C=O) groups is 7. The normalized spacial score (nSPS) is 16.5. The van der Waals surface area contributed by atoms with Crippen molar-refractivity contribution in [3.05, 3.63) is 39.3 Å².